The number of hydrogen-bond donors (Lipinski definition) is 2. The van der Waals surface area contributed by atoms with E-state index in [1.54, 1.807) is 0 Å². The highest BCUT2D eigenvalue weighted by molar-refractivity contribution is 7.86. The smallest absolute Gasteiger partial charge is 0.171 e. The van der Waals surface area contributed by atoms with E-state index in [2.05, 4.69) is 38.5 Å². The third-order valence-electron chi connectivity index (χ3n) is 4.44. The Bertz CT molecular complexity index is 259. The van der Waals surface area contributed by atoms with Crippen molar-refractivity contribution >= 4 is 11.5 Å². The van der Waals surface area contributed by atoms with Crippen LogP contribution < -0.4 is 10.9 Å². The molecule has 0 radical (unpaired) electrons. The average molecular weight is 391 g/mol. The highest BCUT2D eigenvalue weighted by atomic mass is 32.2. The van der Waals surface area contributed by atoms with Gasteiger partial charge in [-0.05, 0) is 34.5 Å². The van der Waals surface area contributed by atoms with Crippen molar-refractivity contribution in [2.24, 2.45) is 0 Å². The van der Waals surface area contributed by atoms with Crippen LogP contribution >= 0.6 is 0 Å². The van der Waals surface area contributed by atoms with Crippen molar-refractivity contribution in [2.45, 2.75) is 105 Å². The molecule has 0 amide bonds. The zero-order valence-corrected chi connectivity index (χ0v) is 18.8. The molecule has 2 N–H and O–H groups in total. The lowest BCUT2D eigenvalue weighted by Gasteiger charge is -2.31. The molecule has 0 rings (SSSR count). The molecule has 0 bridgehead atoms. The Kier molecular flexibility index (Phi) is 20.0. The van der Waals surface area contributed by atoms with E-state index in [0.29, 0.717) is 0 Å². The number of hydrogen-bond acceptors (Lipinski definition) is 5. The summed E-state index contributed by atoms with van der Waals surface area (Å²) in [5, 5.41) is 0. The minimum absolute atomic E-state index is 0.841. The van der Waals surface area contributed by atoms with Gasteiger partial charge in [0.15, 0.2) is 11.5 Å². The maximum atomic E-state index is 13.2. The summed E-state index contributed by atoms with van der Waals surface area (Å²) >= 11 is -1.17. The van der Waals surface area contributed by atoms with Crippen molar-refractivity contribution < 1.29 is 4.55 Å². The van der Waals surface area contributed by atoms with Gasteiger partial charge < -0.3 is 4.55 Å². The van der Waals surface area contributed by atoms with E-state index in [-0.39, 0.29) is 0 Å². The summed E-state index contributed by atoms with van der Waals surface area (Å²) in [5.74, 6) is 0. The molecule has 0 aromatic rings. The normalized spacial score (nSPS) is 12.0. The second-order valence-corrected chi connectivity index (χ2v) is 8.42. The van der Waals surface area contributed by atoms with Gasteiger partial charge in [0.2, 0.25) is 0 Å². The third-order valence-corrected chi connectivity index (χ3v) is 5.82. The number of nitrogens with one attached hydrogen (secondary N) is 2. The fraction of sp³-hybridized carbons (Fsp3) is 1.00. The first kappa shape index (κ1) is 26.1. The zero-order valence-electron chi connectivity index (χ0n) is 18.0. The molecule has 5 nitrogen and oxygen atoms in total. The molecule has 0 saturated heterocycles. The van der Waals surface area contributed by atoms with Crippen LogP contribution in [0.15, 0.2) is 0 Å². The average Bonchev–Trinajstić information content (AvgIpc) is 2.65. The molecule has 0 aliphatic heterocycles. The summed E-state index contributed by atoms with van der Waals surface area (Å²) < 4.78 is 17.1. The quantitative estimate of drug-likeness (QED) is 0.175. The summed E-state index contributed by atoms with van der Waals surface area (Å²) in [7, 11) is 0. The van der Waals surface area contributed by atoms with Crippen LogP contribution in [0.1, 0.15) is 105 Å². The minimum atomic E-state index is -1.17. The summed E-state index contributed by atoms with van der Waals surface area (Å²) in [6, 6.07) is 0. The van der Waals surface area contributed by atoms with Gasteiger partial charge >= 0.3 is 0 Å². The van der Waals surface area contributed by atoms with Crippen LogP contribution in [0.5, 0.6) is 0 Å². The van der Waals surface area contributed by atoms with Crippen molar-refractivity contribution in [1.29, 1.82) is 0 Å². The van der Waals surface area contributed by atoms with E-state index in [1.165, 1.54) is 51.4 Å². The van der Waals surface area contributed by atoms with Gasteiger partial charge in [-0.15, -0.1) is 0 Å². The first-order chi connectivity index (χ1) is 12.7. The minimum Gasteiger partial charge on any atom is -0.576 e. The van der Waals surface area contributed by atoms with Crippen molar-refractivity contribution in [3.63, 3.8) is 0 Å². The lowest BCUT2D eigenvalue weighted by molar-refractivity contribution is 0.237. The van der Waals surface area contributed by atoms with E-state index in [1.807, 2.05) is 8.83 Å². The molecular weight excluding hydrogens is 344 g/mol. The molecule has 26 heavy (non-hydrogen) atoms. The topological polar surface area (TPSA) is 53.6 Å². The summed E-state index contributed by atoms with van der Waals surface area (Å²) in [4.78, 5) is 0. The Morgan fingerprint density at radius 3 is 1.27 bits per heavy atom. The highest BCUT2D eigenvalue weighted by Crippen LogP contribution is 2.10. The van der Waals surface area contributed by atoms with E-state index in [0.717, 1.165) is 51.9 Å². The Labute approximate surface area is 167 Å². The number of unbranched alkanes of at least 4 members (excludes halogenated alkanes) is 8. The van der Waals surface area contributed by atoms with Gasteiger partial charge in [0.25, 0.3) is 0 Å². The van der Waals surface area contributed by atoms with Gasteiger partial charge in [-0.1, -0.05) is 79.1 Å². The molecule has 0 aliphatic carbocycles. The fourth-order valence-corrected chi connectivity index (χ4v) is 3.92. The molecule has 0 aromatic carbocycles. The molecule has 0 heterocycles. The fourth-order valence-electron chi connectivity index (χ4n) is 2.71. The third kappa shape index (κ3) is 14.2. The van der Waals surface area contributed by atoms with Crippen LogP contribution in [0.2, 0.25) is 0 Å². The Morgan fingerprint density at radius 1 is 0.577 bits per heavy atom. The van der Waals surface area contributed by atoms with Crippen LogP contribution in [-0.4, -0.2) is 39.6 Å². The van der Waals surface area contributed by atoms with Gasteiger partial charge in [0, 0.05) is 13.1 Å². The van der Waals surface area contributed by atoms with Crippen LogP contribution in [0.4, 0.5) is 0 Å². The summed E-state index contributed by atoms with van der Waals surface area (Å²) in [5.41, 5.74) is 6.87. The molecule has 0 spiro atoms. The largest absolute Gasteiger partial charge is 0.576 e. The predicted octanol–water partition coefficient (Wildman–Crippen LogP) is 4.94. The Hall–Kier alpha value is 0.150. The SMILES string of the molecule is CCCCCNN(CCCCC)[S+]([O-])N(CCCCC)NCCCCC. The monoisotopic (exact) mass is 390 g/mol. The van der Waals surface area contributed by atoms with Crippen LogP contribution in [0.25, 0.3) is 0 Å². The molecular formula is C20H46N4OS. The Morgan fingerprint density at radius 2 is 0.923 bits per heavy atom. The second kappa shape index (κ2) is 19.9. The number of rotatable bonds is 20. The van der Waals surface area contributed by atoms with Gasteiger partial charge in [0.1, 0.15) is 0 Å². The van der Waals surface area contributed by atoms with Crippen LogP contribution in [0.3, 0.4) is 0 Å². The van der Waals surface area contributed by atoms with E-state index >= 15 is 0 Å². The van der Waals surface area contributed by atoms with Crippen molar-refractivity contribution in [1.82, 2.24) is 19.7 Å². The zero-order chi connectivity index (χ0) is 19.5. The molecule has 6 heteroatoms. The van der Waals surface area contributed by atoms with Crippen LogP contribution in [-0.2, 0) is 11.5 Å². The van der Waals surface area contributed by atoms with Gasteiger partial charge in [-0.3, -0.25) is 0 Å². The molecule has 0 unspecified atom stereocenters. The lowest BCUT2D eigenvalue weighted by atomic mass is 10.2. The predicted molar refractivity (Wildman–Crippen MR) is 116 cm³/mol. The highest BCUT2D eigenvalue weighted by Gasteiger charge is 2.27. The molecule has 158 valence electrons. The van der Waals surface area contributed by atoms with E-state index in [4.69, 9.17) is 0 Å². The van der Waals surface area contributed by atoms with Crippen molar-refractivity contribution in [2.75, 3.05) is 26.2 Å². The second-order valence-electron chi connectivity index (χ2n) is 7.08. The molecule has 0 atom stereocenters. The first-order valence-electron chi connectivity index (χ1n) is 11.1. The molecule has 0 fully saturated rings. The van der Waals surface area contributed by atoms with Crippen molar-refractivity contribution in [3.8, 4) is 0 Å². The van der Waals surface area contributed by atoms with E-state index in [9.17, 15) is 4.55 Å². The van der Waals surface area contributed by atoms with E-state index < -0.39 is 11.5 Å². The molecule has 0 aliphatic rings. The standard InChI is InChI=1S/C20H46N4OS/c1-5-9-13-17-21-23(19-15-11-7-3)26(25)24(20-16-12-8-4)22-18-14-10-6-2/h21-22H,5-20H2,1-4H3. The first-order valence-corrected chi connectivity index (χ1v) is 12.2. The maximum absolute atomic E-state index is 13.2. The summed E-state index contributed by atoms with van der Waals surface area (Å²) in [6.07, 6.45) is 14.0. The van der Waals surface area contributed by atoms with Crippen LogP contribution in [0, 0.1) is 0 Å². The Balaban J connectivity index is 4.64. The number of hydrazine groups is 2. The lowest BCUT2D eigenvalue weighted by Crippen LogP contribution is -2.55. The van der Waals surface area contributed by atoms with Gasteiger partial charge in [-0.25, -0.2) is 10.9 Å². The number of nitrogens with zero attached hydrogens (tertiary/aromatic N) is 2. The maximum Gasteiger partial charge on any atom is 0.171 e. The van der Waals surface area contributed by atoms with Crippen molar-refractivity contribution in [3.05, 3.63) is 0 Å². The molecule has 0 aromatic heterocycles. The summed E-state index contributed by atoms with van der Waals surface area (Å²) in [6.45, 7) is 12.3. The van der Waals surface area contributed by atoms with Gasteiger partial charge in [0.05, 0.1) is 13.1 Å². The van der Waals surface area contributed by atoms with Gasteiger partial charge in [-0.2, -0.15) is 0 Å². The molecule has 0 saturated carbocycles.